The zero-order chi connectivity index (χ0) is 47.1. The predicted octanol–water partition coefficient (Wildman–Crippen LogP) is 0.905. The standard InChI is InChI=1S/C43H63N7O13/c1-7-24(2)14-12-10-8-9-11-13-15-35(53)48(5)33(23-51)41(58)45-25(3)39(56)44-22-36(54)49(6)37-28-16-17-34(52)29(21-28)30-18-27(20-32(38(30)55)50(62)63)19-31(43(60)61)47-40(57)26(4)46-42(37)59/h16-18,20-21,24-26,31,33,37,50-52,55,62H,7-15,19,22-23H2,1-6H3,(H,44,56)(H,45,58)(H,46,59)(H,47,57)(H,60,61)/t24-,25+,26-,31-,33+,37+/m0/s1. The second kappa shape index (κ2) is 24.1. The third-order valence-corrected chi connectivity index (χ3v) is 11.4. The zero-order valence-electron chi connectivity index (χ0n) is 36.7. The Bertz CT molecular complexity index is 1960. The number of benzene rings is 2. The van der Waals surface area contributed by atoms with Crippen molar-refractivity contribution in [2.45, 2.75) is 122 Å². The molecule has 1 heterocycles. The maximum absolute atomic E-state index is 13.9. The van der Waals surface area contributed by atoms with E-state index in [1.54, 1.807) is 0 Å². The van der Waals surface area contributed by atoms with Crippen molar-refractivity contribution in [1.82, 2.24) is 31.1 Å². The summed E-state index contributed by atoms with van der Waals surface area (Å²) in [5, 5.41) is 71.8. The van der Waals surface area contributed by atoms with Crippen LogP contribution in [-0.2, 0) is 40.0 Å². The van der Waals surface area contributed by atoms with E-state index in [-0.39, 0.29) is 34.6 Å². The number of rotatable bonds is 20. The molecule has 1 aliphatic heterocycles. The average molecular weight is 886 g/mol. The summed E-state index contributed by atoms with van der Waals surface area (Å²) < 4.78 is 0. The smallest absolute Gasteiger partial charge is 0.326 e. The van der Waals surface area contributed by atoms with E-state index < -0.39 is 108 Å². The van der Waals surface area contributed by atoms with E-state index in [4.69, 9.17) is 0 Å². The van der Waals surface area contributed by atoms with Crippen molar-refractivity contribution < 1.29 is 64.4 Å². The molecule has 20 nitrogen and oxygen atoms in total. The van der Waals surface area contributed by atoms with E-state index in [2.05, 4.69) is 35.1 Å². The van der Waals surface area contributed by atoms with Crippen molar-refractivity contribution in [2.24, 2.45) is 5.92 Å². The van der Waals surface area contributed by atoms with Crippen LogP contribution < -0.4 is 26.5 Å². The Morgan fingerprint density at radius 3 is 2.17 bits per heavy atom. The van der Waals surface area contributed by atoms with Gasteiger partial charge in [-0.3, -0.25) is 28.8 Å². The summed E-state index contributed by atoms with van der Waals surface area (Å²) in [6.07, 6.45) is 7.98. The van der Waals surface area contributed by atoms with E-state index in [9.17, 15) is 64.4 Å². The highest BCUT2D eigenvalue weighted by Gasteiger charge is 2.34. The topological polar surface area (TPSA) is 303 Å². The Balaban J connectivity index is 1.75. The Morgan fingerprint density at radius 2 is 1.56 bits per heavy atom. The first-order valence-electron chi connectivity index (χ1n) is 21.2. The number of aliphatic hydroxyl groups is 1. The second-order valence-electron chi connectivity index (χ2n) is 16.2. The molecule has 10 N–H and O–H groups in total. The number of likely N-dealkylation sites (N-methyl/N-ethyl adjacent to an activating group) is 2. The highest BCUT2D eigenvalue weighted by molar-refractivity contribution is 5.96. The number of amides is 6. The van der Waals surface area contributed by atoms with Crippen molar-refractivity contribution >= 4 is 47.1 Å². The number of carboxylic acids is 1. The fraction of sp³-hybridized carbons (Fsp3) is 0.558. The van der Waals surface area contributed by atoms with Crippen LogP contribution >= 0.6 is 0 Å². The van der Waals surface area contributed by atoms with Gasteiger partial charge >= 0.3 is 5.97 Å². The summed E-state index contributed by atoms with van der Waals surface area (Å²) in [5.74, 6) is -6.76. The van der Waals surface area contributed by atoms with Crippen LogP contribution in [0.2, 0.25) is 0 Å². The van der Waals surface area contributed by atoms with Gasteiger partial charge < -0.3 is 56.7 Å². The maximum atomic E-state index is 13.9. The molecule has 0 fully saturated rings. The molecule has 1 unspecified atom stereocenters. The zero-order valence-corrected chi connectivity index (χ0v) is 36.7. The van der Waals surface area contributed by atoms with Crippen molar-refractivity contribution in [1.29, 1.82) is 0 Å². The molecule has 1 aliphatic rings. The molecule has 0 radical (unpaired) electrons. The lowest BCUT2D eigenvalue weighted by molar-refractivity contribution is -0.991. The molecule has 4 bridgehead atoms. The van der Waals surface area contributed by atoms with Gasteiger partial charge in [0.25, 0.3) is 0 Å². The minimum atomic E-state index is -1.62. The number of hydrogen-bond donors (Lipinski definition) is 10. The van der Waals surface area contributed by atoms with Gasteiger partial charge in [-0.1, -0.05) is 64.9 Å². The lowest BCUT2D eigenvalue weighted by Crippen LogP contribution is -2.99. The van der Waals surface area contributed by atoms with Crippen molar-refractivity contribution in [3.63, 3.8) is 0 Å². The molecule has 2 aromatic rings. The van der Waals surface area contributed by atoms with Gasteiger partial charge in [0.2, 0.25) is 41.1 Å². The number of phenols is 2. The number of carbonyl (C=O) groups is 7. The van der Waals surface area contributed by atoms with Gasteiger partial charge in [-0.05, 0) is 55.5 Å². The molecule has 0 aliphatic carbocycles. The molecule has 0 saturated heterocycles. The third-order valence-electron chi connectivity index (χ3n) is 11.4. The number of nitrogens with one attached hydrogen (secondary N) is 5. The lowest BCUT2D eigenvalue weighted by Gasteiger charge is -2.30. The number of phenolic OH excluding ortho intramolecular Hbond substituents is 2. The predicted molar refractivity (Wildman–Crippen MR) is 228 cm³/mol. The summed E-state index contributed by atoms with van der Waals surface area (Å²) in [5.41, 5.74) is -1.01. The van der Waals surface area contributed by atoms with Crippen molar-refractivity contribution in [2.75, 3.05) is 27.2 Å². The third kappa shape index (κ3) is 14.4. The summed E-state index contributed by atoms with van der Waals surface area (Å²) in [6, 6.07) is -1.24. The fourth-order valence-electron chi connectivity index (χ4n) is 7.13. The molecular weight excluding hydrogens is 823 g/mol. The van der Waals surface area contributed by atoms with Crippen LogP contribution in [0.15, 0.2) is 30.3 Å². The number of aliphatic carboxylic acids is 1. The van der Waals surface area contributed by atoms with Gasteiger partial charge in [-0.2, -0.15) is 5.23 Å². The monoisotopic (exact) mass is 885 g/mol. The second-order valence-corrected chi connectivity index (χ2v) is 16.2. The molecule has 348 valence electrons. The molecule has 3 rings (SSSR count). The van der Waals surface area contributed by atoms with Gasteiger partial charge in [0.1, 0.15) is 36.0 Å². The number of hydrogen-bond acceptors (Lipinski definition) is 12. The molecule has 0 spiro atoms. The number of unbranched alkanes of at least 4 members (excludes halogenated alkanes) is 5. The number of fused-ring (bicyclic) bond motifs is 5. The first-order chi connectivity index (χ1) is 29.7. The van der Waals surface area contributed by atoms with Crippen molar-refractivity contribution in [3.05, 3.63) is 46.7 Å². The molecule has 63 heavy (non-hydrogen) atoms. The molecular formula is C43H63N7O13. The Labute approximate surface area is 366 Å². The number of carbonyl (C=O) groups excluding carboxylic acids is 6. The van der Waals surface area contributed by atoms with Crippen LogP contribution in [0.4, 0.5) is 5.69 Å². The minimum Gasteiger partial charge on any atom is -0.595 e. The molecule has 0 aromatic heterocycles. The van der Waals surface area contributed by atoms with Gasteiger partial charge in [-0.25, -0.2) is 10.0 Å². The van der Waals surface area contributed by atoms with E-state index >= 15 is 0 Å². The van der Waals surface area contributed by atoms with E-state index in [0.717, 1.165) is 53.5 Å². The van der Waals surface area contributed by atoms with Gasteiger partial charge in [0.05, 0.1) is 13.2 Å². The number of aliphatic hydroxyl groups excluding tert-OH is 1. The van der Waals surface area contributed by atoms with E-state index in [1.807, 2.05) is 0 Å². The summed E-state index contributed by atoms with van der Waals surface area (Å²) >= 11 is 0. The first-order valence-corrected chi connectivity index (χ1v) is 21.2. The lowest BCUT2D eigenvalue weighted by atomic mass is 9.93. The quantitative estimate of drug-likeness (QED) is 0.0503. The van der Waals surface area contributed by atoms with Crippen LogP contribution in [-0.4, -0.2) is 128 Å². The number of carboxylic acid groups (broad SMARTS) is 1. The fourth-order valence-corrected chi connectivity index (χ4v) is 7.13. The average Bonchev–Trinajstić information content (AvgIpc) is 3.23. The van der Waals surface area contributed by atoms with Gasteiger partial charge in [0, 0.05) is 44.1 Å². The Hall–Kier alpha value is -5.83. The first kappa shape index (κ1) is 51.5. The van der Waals surface area contributed by atoms with Crippen molar-refractivity contribution in [3.8, 4) is 22.6 Å². The SMILES string of the molecule is CC[C@H](C)CCCCCCCCC(=O)N(C)[C@H](CO)C(=O)N[C@H](C)C(=O)NCC(=O)N(C)[C@H]1C(=O)N[C@@H](C)C(=O)N[C@H](C(=O)O)Cc2cc(c(O)c([NH+]([O-])O)c2)-c2cc1ccc2O. The largest absolute Gasteiger partial charge is 0.595 e. The molecule has 2 aromatic carbocycles. The normalized spacial score (nSPS) is 18.3. The van der Waals surface area contributed by atoms with Crippen LogP contribution in [0.3, 0.4) is 0 Å². The molecule has 20 heteroatoms. The number of quaternary nitrogens is 1. The summed E-state index contributed by atoms with van der Waals surface area (Å²) in [4.78, 5) is 94.0. The highest BCUT2D eigenvalue weighted by atomic mass is 16.8. The molecule has 6 amide bonds. The van der Waals surface area contributed by atoms with Crippen LogP contribution in [0.1, 0.15) is 103 Å². The number of nitrogens with zero attached hydrogens (tertiary/aromatic N) is 2. The number of aromatic hydroxyl groups is 2. The van der Waals surface area contributed by atoms with E-state index in [0.29, 0.717) is 6.42 Å². The molecule has 7 atom stereocenters. The van der Waals surface area contributed by atoms with Crippen LogP contribution in [0, 0.1) is 11.1 Å². The summed E-state index contributed by atoms with van der Waals surface area (Å²) in [7, 11) is 2.60. The summed E-state index contributed by atoms with van der Waals surface area (Å²) in [6.45, 7) is 5.59. The van der Waals surface area contributed by atoms with Gasteiger partial charge in [-0.15, -0.1) is 0 Å². The minimum absolute atomic E-state index is 0.0130. The molecule has 0 saturated carbocycles. The van der Waals surface area contributed by atoms with E-state index in [1.165, 1.54) is 65.4 Å². The Kier molecular flexibility index (Phi) is 19.7. The maximum Gasteiger partial charge on any atom is 0.326 e. The van der Waals surface area contributed by atoms with Crippen LogP contribution in [0.25, 0.3) is 11.1 Å². The van der Waals surface area contributed by atoms with Gasteiger partial charge in [0.15, 0.2) is 5.75 Å². The Morgan fingerprint density at radius 1 is 0.905 bits per heavy atom. The van der Waals surface area contributed by atoms with Crippen LogP contribution in [0.5, 0.6) is 11.5 Å². The highest BCUT2D eigenvalue weighted by Crippen LogP contribution is 2.41.